The lowest BCUT2D eigenvalue weighted by Crippen LogP contribution is -2.24. The van der Waals surface area contributed by atoms with Crippen LogP contribution in [-0.2, 0) is 0 Å². The Morgan fingerprint density at radius 2 is 1.57 bits per heavy atom. The molecule has 3 rings (SSSR count). The Bertz CT molecular complexity index is 637. The van der Waals surface area contributed by atoms with Crippen LogP contribution in [0.1, 0.15) is 41.5 Å². The van der Waals surface area contributed by atoms with Gasteiger partial charge in [0.1, 0.15) is 0 Å². The van der Waals surface area contributed by atoms with Crippen molar-refractivity contribution < 1.29 is 0 Å². The van der Waals surface area contributed by atoms with E-state index in [1.54, 1.807) is 0 Å². The molecule has 2 aromatic rings. The molecule has 0 amide bonds. The molecule has 0 spiro atoms. The lowest BCUT2D eigenvalue weighted by atomic mass is 9.77. The Morgan fingerprint density at radius 3 is 2.17 bits per heavy atom. The summed E-state index contributed by atoms with van der Waals surface area (Å²) in [6.07, 6.45) is 2.26. The Labute approximate surface area is 168 Å². The molecule has 6 heteroatoms. The van der Waals surface area contributed by atoms with Gasteiger partial charge in [0.25, 0.3) is 0 Å². The minimum atomic E-state index is 0. The highest BCUT2D eigenvalue weighted by Gasteiger charge is 2.27. The molecule has 128 valence electrons. The normalized spacial score (nSPS) is 18.7. The van der Waals surface area contributed by atoms with Crippen LogP contribution in [0.2, 0.25) is 10.0 Å². The van der Waals surface area contributed by atoms with Crippen LogP contribution in [0.3, 0.4) is 0 Å². The summed E-state index contributed by atoms with van der Waals surface area (Å²) in [7, 11) is 2.03. The fourth-order valence-electron chi connectivity index (χ4n) is 3.17. The second-order valence-electron chi connectivity index (χ2n) is 5.27. The van der Waals surface area contributed by atoms with E-state index in [-0.39, 0.29) is 39.4 Å². The van der Waals surface area contributed by atoms with Crippen molar-refractivity contribution in [2.24, 2.45) is 0 Å². The molecule has 0 radical (unpaired) electrons. The molecule has 0 bridgehead atoms. The van der Waals surface area contributed by atoms with E-state index < -0.39 is 0 Å². The number of rotatable bonds is 2. The first kappa shape index (κ1) is 23.0. The molecule has 0 aliphatic heterocycles. The summed E-state index contributed by atoms with van der Waals surface area (Å²) in [5, 5.41) is 4.66. The first-order valence-electron chi connectivity index (χ1n) is 6.91. The average molecular weight is 411 g/mol. The van der Waals surface area contributed by atoms with Crippen molar-refractivity contribution >= 4 is 62.6 Å². The topological polar surface area (TPSA) is 12.0 Å². The van der Waals surface area contributed by atoms with Gasteiger partial charge in [0, 0.05) is 12.0 Å². The van der Waals surface area contributed by atoms with Gasteiger partial charge in [0.2, 0.25) is 0 Å². The Balaban J connectivity index is 0.00000161. The van der Waals surface area contributed by atoms with Gasteiger partial charge in [-0.05, 0) is 48.7 Å². The van der Waals surface area contributed by atoms with Gasteiger partial charge in [-0.3, -0.25) is 0 Å². The van der Waals surface area contributed by atoms with Crippen LogP contribution in [0.25, 0.3) is 0 Å². The third kappa shape index (κ3) is 4.75. The molecule has 0 aromatic heterocycles. The summed E-state index contributed by atoms with van der Waals surface area (Å²) in [6.45, 7) is 0. The first-order valence-corrected chi connectivity index (χ1v) is 7.67. The zero-order chi connectivity index (χ0) is 14.1. The number of fused-ring (bicyclic) bond motifs is 1. The lowest BCUT2D eigenvalue weighted by Gasteiger charge is -2.32. The third-order valence-electron chi connectivity index (χ3n) is 4.19. The number of hydrogen-bond acceptors (Lipinski definition) is 1. The monoisotopic (exact) mass is 409 g/mol. The summed E-state index contributed by atoms with van der Waals surface area (Å²) in [5.74, 6) is 0.408. The number of halogens is 3. The molecule has 23 heavy (non-hydrogen) atoms. The molecule has 1 nitrogen and oxygen atoms in total. The van der Waals surface area contributed by atoms with Crippen LogP contribution in [0.5, 0.6) is 0 Å². The van der Waals surface area contributed by atoms with Crippen molar-refractivity contribution in [3.63, 3.8) is 0 Å². The summed E-state index contributed by atoms with van der Waals surface area (Å²) < 4.78 is 0. The summed E-state index contributed by atoms with van der Waals surface area (Å²) >= 11 is 12.2. The molecule has 0 fully saturated rings. The SMILES string of the molecule is CN[C@H]1CC[C@@H](c2ccc(Cl)c(Cl)c2)c2ccccc21.Cl.S.S. The van der Waals surface area contributed by atoms with Crippen molar-refractivity contribution in [1.29, 1.82) is 0 Å². The number of benzene rings is 2. The number of hydrogen-bond donors (Lipinski definition) is 1. The summed E-state index contributed by atoms with van der Waals surface area (Å²) in [6, 6.07) is 15.1. The highest BCUT2D eigenvalue weighted by atomic mass is 35.5. The molecule has 0 unspecified atom stereocenters. The Hall–Kier alpha value is -0.0300. The molecule has 0 heterocycles. The predicted molar refractivity (Wildman–Crippen MR) is 114 cm³/mol. The minimum absolute atomic E-state index is 0. The first-order chi connectivity index (χ1) is 9.70. The van der Waals surface area contributed by atoms with E-state index in [1.807, 2.05) is 19.2 Å². The maximum Gasteiger partial charge on any atom is 0.0595 e. The van der Waals surface area contributed by atoms with Gasteiger partial charge in [-0.15, -0.1) is 12.4 Å². The molecule has 0 saturated carbocycles. The van der Waals surface area contributed by atoms with E-state index in [2.05, 4.69) is 35.6 Å². The van der Waals surface area contributed by atoms with Crippen LogP contribution in [0, 0.1) is 0 Å². The Kier molecular flexibility index (Phi) is 10.1. The minimum Gasteiger partial charge on any atom is -0.313 e. The fraction of sp³-hybridized carbons (Fsp3) is 0.294. The molecule has 0 saturated heterocycles. The van der Waals surface area contributed by atoms with E-state index in [4.69, 9.17) is 23.2 Å². The van der Waals surface area contributed by atoms with Gasteiger partial charge < -0.3 is 5.32 Å². The van der Waals surface area contributed by atoms with Crippen molar-refractivity contribution in [2.75, 3.05) is 7.05 Å². The highest BCUT2D eigenvalue weighted by Crippen LogP contribution is 2.42. The van der Waals surface area contributed by atoms with Gasteiger partial charge in [-0.2, -0.15) is 27.0 Å². The second-order valence-corrected chi connectivity index (χ2v) is 6.09. The summed E-state index contributed by atoms with van der Waals surface area (Å²) in [5.41, 5.74) is 4.05. The Morgan fingerprint density at radius 1 is 0.913 bits per heavy atom. The molecule has 2 atom stereocenters. The molecule has 1 aliphatic rings. The van der Waals surface area contributed by atoms with Crippen molar-refractivity contribution in [3.8, 4) is 0 Å². The quantitative estimate of drug-likeness (QED) is 0.657. The maximum atomic E-state index is 6.17. The van der Waals surface area contributed by atoms with Gasteiger partial charge in [0.15, 0.2) is 0 Å². The standard InChI is InChI=1S/C17H17Cl2N.ClH.2H2S/c1-20-17-9-7-12(13-4-2-3-5-14(13)17)11-6-8-15(18)16(19)10-11;;;/h2-6,8,10,12,17,20H,7,9H2,1H3;1H;2*1H2/t12-,17-;;;/m0.../s1. The fourth-order valence-corrected chi connectivity index (χ4v) is 3.47. The molecule has 2 aromatic carbocycles. The zero-order valence-electron chi connectivity index (χ0n) is 12.8. The predicted octanol–water partition coefficient (Wildman–Crippen LogP) is 5.83. The average Bonchev–Trinajstić information content (AvgIpc) is 2.49. The lowest BCUT2D eigenvalue weighted by molar-refractivity contribution is 0.471. The van der Waals surface area contributed by atoms with E-state index >= 15 is 0 Å². The van der Waals surface area contributed by atoms with E-state index in [9.17, 15) is 0 Å². The van der Waals surface area contributed by atoms with Gasteiger partial charge in [0.05, 0.1) is 10.0 Å². The van der Waals surface area contributed by atoms with Gasteiger partial charge >= 0.3 is 0 Å². The van der Waals surface area contributed by atoms with E-state index in [1.165, 1.54) is 16.7 Å². The van der Waals surface area contributed by atoms with Crippen LogP contribution >= 0.6 is 62.6 Å². The van der Waals surface area contributed by atoms with Gasteiger partial charge in [-0.25, -0.2) is 0 Å². The van der Waals surface area contributed by atoms with Crippen LogP contribution in [-0.4, -0.2) is 7.05 Å². The third-order valence-corrected chi connectivity index (χ3v) is 4.92. The molecule has 1 aliphatic carbocycles. The summed E-state index contributed by atoms with van der Waals surface area (Å²) in [4.78, 5) is 0. The van der Waals surface area contributed by atoms with Crippen molar-refractivity contribution in [3.05, 3.63) is 69.2 Å². The van der Waals surface area contributed by atoms with Gasteiger partial charge in [-0.1, -0.05) is 53.5 Å². The van der Waals surface area contributed by atoms with Crippen LogP contribution in [0.15, 0.2) is 42.5 Å². The molecular formula is C17H22Cl3NS2. The molecular weight excluding hydrogens is 389 g/mol. The largest absolute Gasteiger partial charge is 0.313 e. The number of nitrogens with one attached hydrogen (secondary N) is 1. The van der Waals surface area contributed by atoms with Crippen LogP contribution in [0.4, 0.5) is 0 Å². The van der Waals surface area contributed by atoms with Crippen molar-refractivity contribution in [2.45, 2.75) is 24.8 Å². The second kappa shape index (κ2) is 10.1. The zero-order valence-corrected chi connectivity index (χ0v) is 17.1. The smallest absolute Gasteiger partial charge is 0.0595 e. The van der Waals surface area contributed by atoms with Crippen LogP contribution < -0.4 is 5.32 Å². The van der Waals surface area contributed by atoms with Crippen molar-refractivity contribution in [1.82, 2.24) is 5.32 Å². The molecule has 1 N–H and O–H groups in total. The van der Waals surface area contributed by atoms with E-state index in [0.717, 1.165) is 12.8 Å². The van der Waals surface area contributed by atoms with E-state index in [0.29, 0.717) is 22.0 Å². The highest BCUT2D eigenvalue weighted by molar-refractivity contribution is 7.59. The maximum absolute atomic E-state index is 6.17.